The van der Waals surface area contributed by atoms with Crippen molar-refractivity contribution in [3.05, 3.63) is 29.8 Å². The Hall–Kier alpha value is -2.39. The lowest BCUT2D eigenvalue weighted by molar-refractivity contribution is -0.125. The maximum Gasteiger partial charge on any atom is 0.238 e. The predicted octanol–water partition coefficient (Wildman–Crippen LogP) is 0.811. The van der Waals surface area contributed by atoms with Crippen molar-refractivity contribution < 1.29 is 9.59 Å². The van der Waals surface area contributed by atoms with Gasteiger partial charge in [-0.1, -0.05) is 6.92 Å². The van der Waals surface area contributed by atoms with Crippen LogP contribution in [0, 0.1) is 17.2 Å². The molecule has 0 saturated heterocycles. The van der Waals surface area contributed by atoms with E-state index in [0.29, 0.717) is 17.8 Å². The third-order valence-electron chi connectivity index (χ3n) is 2.99. The Bertz CT molecular complexity index is 534. The van der Waals surface area contributed by atoms with Crippen LogP contribution in [0.4, 0.5) is 5.69 Å². The largest absolute Gasteiger partial charge is 0.359 e. The SMILES string of the molecule is CNC(=O)C(C)CN(C)CC(=O)Nc1ccc(C#N)cc1. The van der Waals surface area contributed by atoms with Crippen LogP contribution in [0.2, 0.25) is 0 Å². The molecule has 1 unspecified atom stereocenters. The molecule has 0 saturated carbocycles. The van der Waals surface area contributed by atoms with Crippen molar-refractivity contribution >= 4 is 17.5 Å². The molecule has 0 aliphatic heterocycles. The van der Waals surface area contributed by atoms with Gasteiger partial charge in [-0.25, -0.2) is 0 Å². The number of hydrogen-bond donors (Lipinski definition) is 2. The van der Waals surface area contributed by atoms with Gasteiger partial charge in [0.05, 0.1) is 18.2 Å². The maximum absolute atomic E-state index is 11.9. The molecule has 0 spiro atoms. The number of carbonyl (C=O) groups is 2. The zero-order valence-electron chi connectivity index (χ0n) is 12.5. The highest BCUT2D eigenvalue weighted by Crippen LogP contribution is 2.08. The van der Waals surface area contributed by atoms with Crippen LogP contribution in [-0.4, -0.2) is 43.9 Å². The predicted molar refractivity (Wildman–Crippen MR) is 80.5 cm³/mol. The second-order valence-electron chi connectivity index (χ2n) is 4.95. The molecule has 1 aromatic rings. The molecule has 1 atom stereocenters. The van der Waals surface area contributed by atoms with E-state index in [9.17, 15) is 9.59 Å². The number of nitrogens with zero attached hydrogens (tertiary/aromatic N) is 2. The highest BCUT2D eigenvalue weighted by molar-refractivity contribution is 5.92. The first-order valence-electron chi connectivity index (χ1n) is 6.66. The van der Waals surface area contributed by atoms with Crippen LogP contribution in [-0.2, 0) is 9.59 Å². The first-order chi connectivity index (χ1) is 9.96. The van der Waals surface area contributed by atoms with Crippen LogP contribution in [0.3, 0.4) is 0 Å². The van der Waals surface area contributed by atoms with Crippen LogP contribution in [0.1, 0.15) is 12.5 Å². The fourth-order valence-electron chi connectivity index (χ4n) is 1.94. The Morgan fingerprint density at radius 1 is 1.33 bits per heavy atom. The third-order valence-corrected chi connectivity index (χ3v) is 2.99. The van der Waals surface area contributed by atoms with Gasteiger partial charge in [0.2, 0.25) is 11.8 Å². The molecule has 0 radical (unpaired) electrons. The summed E-state index contributed by atoms with van der Waals surface area (Å²) in [6, 6.07) is 8.68. The fourth-order valence-corrected chi connectivity index (χ4v) is 1.94. The molecule has 2 amide bonds. The minimum Gasteiger partial charge on any atom is -0.359 e. The molecular formula is C15H20N4O2. The average Bonchev–Trinajstić information content (AvgIpc) is 2.46. The van der Waals surface area contributed by atoms with Crippen molar-refractivity contribution in [1.82, 2.24) is 10.2 Å². The van der Waals surface area contributed by atoms with Gasteiger partial charge in [0.25, 0.3) is 0 Å². The van der Waals surface area contributed by atoms with Crippen molar-refractivity contribution in [2.24, 2.45) is 5.92 Å². The zero-order valence-corrected chi connectivity index (χ0v) is 12.5. The molecule has 0 heterocycles. The number of carbonyl (C=O) groups excluding carboxylic acids is 2. The second-order valence-corrected chi connectivity index (χ2v) is 4.95. The van der Waals surface area contributed by atoms with Crippen LogP contribution in [0.15, 0.2) is 24.3 Å². The van der Waals surface area contributed by atoms with Crippen molar-refractivity contribution in [3.63, 3.8) is 0 Å². The first-order valence-corrected chi connectivity index (χ1v) is 6.66. The van der Waals surface area contributed by atoms with Crippen LogP contribution < -0.4 is 10.6 Å². The molecule has 0 aliphatic rings. The summed E-state index contributed by atoms with van der Waals surface area (Å²) in [6.45, 7) is 2.51. The molecule has 0 fully saturated rings. The van der Waals surface area contributed by atoms with Crippen molar-refractivity contribution in [1.29, 1.82) is 5.26 Å². The summed E-state index contributed by atoms with van der Waals surface area (Å²) in [5.41, 5.74) is 1.19. The quantitative estimate of drug-likeness (QED) is 0.811. The molecule has 6 heteroatoms. The zero-order chi connectivity index (χ0) is 15.8. The number of nitriles is 1. The standard InChI is InChI=1S/C15H20N4O2/c1-11(15(21)17-2)9-19(3)10-14(20)18-13-6-4-12(8-16)5-7-13/h4-7,11H,9-10H2,1-3H3,(H,17,21)(H,18,20). The molecule has 6 nitrogen and oxygen atoms in total. The first kappa shape index (κ1) is 16.7. The van der Waals surface area contributed by atoms with Gasteiger partial charge in [-0.15, -0.1) is 0 Å². The Morgan fingerprint density at radius 3 is 2.48 bits per heavy atom. The van der Waals surface area contributed by atoms with E-state index in [1.807, 2.05) is 13.0 Å². The minimum absolute atomic E-state index is 0.0469. The van der Waals surface area contributed by atoms with Crippen molar-refractivity contribution in [3.8, 4) is 6.07 Å². The topological polar surface area (TPSA) is 85.2 Å². The van der Waals surface area contributed by atoms with Crippen LogP contribution in [0.5, 0.6) is 0 Å². The summed E-state index contributed by atoms with van der Waals surface area (Å²) in [4.78, 5) is 25.1. The van der Waals surface area contributed by atoms with Gasteiger partial charge in [0, 0.05) is 25.2 Å². The van der Waals surface area contributed by atoms with Gasteiger partial charge in [-0.2, -0.15) is 5.26 Å². The Morgan fingerprint density at radius 2 is 1.95 bits per heavy atom. The van der Waals surface area contributed by atoms with Crippen molar-refractivity contribution in [2.75, 3.05) is 32.5 Å². The molecule has 0 bridgehead atoms. The van der Waals surface area contributed by atoms with E-state index in [1.54, 1.807) is 43.3 Å². The molecule has 0 aliphatic carbocycles. The van der Waals surface area contributed by atoms with Crippen LogP contribution in [0.25, 0.3) is 0 Å². The molecule has 0 aromatic heterocycles. The number of benzene rings is 1. The smallest absolute Gasteiger partial charge is 0.238 e. The molecule has 21 heavy (non-hydrogen) atoms. The van der Waals surface area contributed by atoms with E-state index in [-0.39, 0.29) is 24.3 Å². The average molecular weight is 288 g/mol. The van der Waals surface area contributed by atoms with Gasteiger partial charge >= 0.3 is 0 Å². The van der Waals surface area contributed by atoms with Crippen molar-refractivity contribution in [2.45, 2.75) is 6.92 Å². The Kier molecular flexibility index (Phi) is 6.37. The minimum atomic E-state index is -0.178. The number of amides is 2. The fraction of sp³-hybridized carbons (Fsp3) is 0.400. The highest BCUT2D eigenvalue weighted by Gasteiger charge is 2.15. The van der Waals surface area contributed by atoms with Crippen LogP contribution >= 0.6 is 0 Å². The highest BCUT2D eigenvalue weighted by atomic mass is 16.2. The van der Waals surface area contributed by atoms with E-state index in [4.69, 9.17) is 5.26 Å². The number of nitrogens with one attached hydrogen (secondary N) is 2. The monoisotopic (exact) mass is 288 g/mol. The van der Waals surface area contributed by atoms with Gasteiger partial charge in [-0.3, -0.25) is 14.5 Å². The molecule has 112 valence electrons. The lowest BCUT2D eigenvalue weighted by Crippen LogP contribution is -2.38. The summed E-state index contributed by atoms with van der Waals surface area (Å²) in [7, 11) is 3.38. The van der Waals surface area contributed by atoms with Gasteiger partial charge < -0.3 is 10.6 Å². The van der Waals surface area contributed by atoms with Gasteiger partial charge in [0.1, 0.15) is 0 Å². The Labute approximate surface area is 124 Å². The maximum atomic E-state index is 11.9. The summed E-state index contributed by atoms with van der Waals surface area (Å²) in [5.74, 6) is -0.386. The van der Waals surface area contributed by atoms with Gasteiger partial charge in [0.15, 0.2) is 0 Å². The lowest BCUT2D eigenvalue weighted by Gasteiger charge is -2.19. The summed E-state index contributed by atoms with van der Waals surface area (Å²) in [6.07, 6.45) is 0. The van der Waals surface area contributed by atoms with E-state index >= 15 is 0 Å². The Balaban J connectivity index is 2.45. The summed E-state index contributed by atoms with van der Waals surface area (Å²) >= 11 is 0. The number of hydrogen-bond acceptors (Lipinski definition) is 4. The third kappa shape index (κ3) is 5.63. The van der Waals surface area contributed by atoms with E-state index in [2.05, 4.69) is 10.6 Å². The normalized spacial score (nSPS) is 11.6. The molecule has 1 aromatic carbocycles. The number of anilines is 1. The van der Waals surface area contributed by atoms with E-state index in [1.165, 1.54) is 0 Å². The summed E-state index contributed by atoms with van der Waals surface area (Å²) in [5, 5.41) is 14.0. The number of likely N-dealkylation sites (N-methyl/N-ethyl adjacent to an activating group) is 1. The number of rotatable bonds is 6. The van der Waals surface area contributed by atoms with Gasteiger partial charge in [-0.05, 0) is 31.3 Å². The molecule has 2 N–H and O–H groups in total. The second kappa shape index (κ2) is 8.02. The molecule has 1 rings (SSSR count). The lowest BCUT2D eigenvalue weighted by atomic mass is 10.1. The summed E-state index contributed by atoms with van der Waals surface area (Å²) < 4.78 is 0. The van der Waals surface area contributed by atoms with E-state index < -0.39 is 0 Å². The molecular weight excluding hydrogens is 268 g/mol. The van der Waals surface area contributed by atoms with E-state index in [0.717, 1.165) is 0 Å².